The van der Waals surface area contributed by atoms with Crippen molar-refractivity contribution in [3.63, 3.8) is 0 Å². The van der Waals surface area contributed by atoms with Crippen LogP contribution in [0.4, 0.5) is 0 Å². The van der Waals surface area contributed by atoms with Gasteiger partial charge in [0.1, 0.15) is 0 Å². The van der Waals surface area contributed by atoms with Crippen LogP contribution in [0, 0.1) is 10.8 Å². The van der Waals surface area contributed by atoms with E-state index in [4.69, 9.17) is 24.3 Å². The van der Waals surface area contributed by atoms with Gasteiger partial charge in [-0.3, -0.25) is 9.05 Å². The van der Waals surface area contributed by atoms with Crippen molar-refractivity contribution in [2.45, 2.75) is 105 Å². The molecule has 0 aromatic carbocycles. The number of phosphoric ester groups is 2. The molecule has 0 rings (SSSR count). The predicted octanol–water partition coefficient (Wildman–Crippen LogP) is 5.96. The normalized spacial score (nSPS) is 13.6. The Bertz CT molecular complexity index is 534. The summed E-state index contributed by atoms with van der Waals surface area (Å²) in [5.41, 5.74) is 0.408. The van der Waals surface area contributed by atoms with Crippen molar-refractivity contribution in [3.05, 3.63) is 0 Å². The summed E-state index contributed by atoms with van der Waals surface area (Å²) in [6.45, 7) is 10.6. The molecule has 0 atom stereocenters. The van der Waals surface area contributed by atoms with E-state index in [0.29, 0.717) is 12.8 Å². The fraction of sp³-hybridized carbons (Fsp3) is 1.00. The molecular formula is C22H48O9P2. The van der Waals surface area contributed by atoms with Gasteiger partial charge >= 0.3 is 15.6 Å². The van der Waals surface area contributed by atoms with Crippen molar-refractivity contribution < 1.29 is 42.5 Å². The average molecular weight is 519 g/mol. The van der Waals surface area contributed by atoms with Gasteiger partial charge in [-0.15, -0.1) is 0 Å². The first kappa shape index (κ1) is 33.2. The lowest BCUT2D eigenvalue weighted by atomic mass is 9.82. The van der Waals surface area contributed by atoms with Gasteiger partial charge in [-0.05, 0) is 62.2 Å². The van der Waals surface area contributed by atoms with Crippen LogP contribution < -0.4 is 0 Å². The van der Waals surface area contributed by atoms with Gasteiger partial charge in [0.25, 0.3) is 0 Å². The SMILES string of the molecule is CC(C)(CCCCOCCCCC(C)(C)CCCCOP(=O)(O)O)CCCCOP(=O)(O)O. The molecule has 0 aromatic heterocycles. The van der Waals surface area contributed by atoms with E-state index in [1.165, 1.54) is 0 Å². The highest BCUT2D eigenvalue weighted by atomic mass is 31.2. The first-order valence-corrected chi connectivity index (χ1v) is 15.2. The van der Waals surface area contributed by atoms with E-state index in [1.807, 2.05) is 0 Å². The van der Waals surface area contributed by atoms with Crippen LogP contribution in [0.5, 0.6) is 0 Å². The molecule has 4 N–H and O–H groups in total. The van der Waals surface area contributed by atoms with Crippen molar-refractivity contribution in [3.8, 4) is 0 Å². The molecule has 0 bridgehead atoms. The van der Waals surface area contributed by atoms with E-state index in [-0.39, 0.29) is 24.0 Å². The highest BCUT2D eigenvalue weighted by molar-refractivity contribution is 7.46. The molecule has 0 unspecified atom stereocenters. The third kappa shape index (κ3) is 25.1. The Morgan fingerprint density at radius 3 is 1.06 bits per heavy atom. The molecular weight excluding hydrogens is 470 g/mol. The molecule has 0 aromatic rings. The highest BCUT2D eigenvalue weighted by Gasteiger charge is 2.19. The van der Waals surface area contributed by atoms with E-state index in [9.17, 15) is 9.13 Å². The summed E-state index contributed by atoms with van der Waals surface area (Å²) in [4.78, 5) is 34.7. The lowest BCUT2D eigenvalue weighted by Crippen LogP contribution is -2.12. The maximum atomic E-state index is 10.6. The van der Waals surface area contributed by atoms with Crippen molar-refractivity contribution in [1.29, 1.82) is 0 Å². The molecule has 9 nitrogen and oxygen atoms in total. The van der Waals surface area contributed by atoms with Gasteiger partial charge in [-0.1, -0.05) is 53.4 Å². The van der Waals surface area contributed by atoms with Crippen LogP contribution in [-0.4, -0.2) is 46.0 Å². The molecule has 0 radical (unpaired) electrons. The van der Waals surface area contributed by atoms with Crippen LogP contribution in [0.25, 0.3) is 0 Å². The number of rotatable bonds is 22. The molecule has 0 heterocycles. The summed E-state index contributed by atoms with van der Waals surface area (Å²) >= 11 is 0. The van der Waals surface area contributed by atoms with E-state index in [2.05, 4.69) is 36.7 Å². The zero-order chi connectivity index (χ0) is 25.4. The Morgan fingerprint density at radius 2 is 0.788 bits per heavy atom. The molecule has 0 spiro atoms. The molecule has 0 fully saturated rings. The molecule has 11 heteroatoms. The summed E-state index contributed by atoms with van der Waals surface area (Å²) in [5.74, 6) is 0. The summed E-state index contributed by atoms with van der Waals surface area (Å²) in [6.07, 6.45) is 11.6. The second kappa shape index (κ2) is 16.8. The molecule has 0 saturated carbocycles. The van der Waals surface area contributed by atoms with Crippen LogP contribution in [0.2, 0.25) is 0 Å². The third-order valence-electron chi connectivity index (χ3n) is 5.80. The molecule has 0 saturated heterocycles. The van der Waals surface area contributed by atoms with Gasteiger partial charge in [0.15, 0.2) is 0 Å². The van der Waals surface area contributed by atoms with Gasteiger partial charge in [-0.2, -0.15) is 0 Å². The Morgan fingerprint density at radius 1 is 0.515 bits per heavy atom. The molecule has 0 aliphatic carbocycles. The number of hydrogen-bond donors (Lipinski definition) is 4. The number of phosphoric acid groups is 2. The third-order valence-corrected chi connectivity index (χ3v) is 6.84. The van der Waals surface area contributed by atoms with Gasteiger partial charge in [0.2, 0.25) is 0 Å². The van der Waals surface area contributed by atoms with Crippen LogP contribution in [0.1, 0.15) is 105 Å². The zero-order valence-corrected chi connectivity index (χ0v) is 22.8. The fourth-order valence-electron chi connectivity index (χ4n) is 3.75. The molecule has 0 aliphatic rings. The first-order chi connectivity index (χ1) is 15.1. The number of hydrogen-bond acceptors (Lipinski definition) is 5. The molecule has 200 valence electrons. The fourth-order valence-corrected chi connectivity index (χ4v) is 4.48. The van der Waals surface area contributed by atoms with Crippen molar-refractivity contribution >= 4 is 15.6 Å². The van der Waals surface area contributed by atoms with Crippen LogP contribution in [0.3, 0.4) is 0 Å². The second-order valence-electron chi connectivity index (χ2n) is 10.4. The Hall–Kier alpha value is 0.180. The Kier molecular flexibility index (Phi) is 16.9. The Balaban J connectivity index is 3.61. The summed E-state index contributed by atoms with van der Waals surface area (Å²) in [6, 6.07) is 0. The largest absolute Gasteiger partial charge is 0.469 e. The van der Waals surface area contributed by atoms with E-state index in [1.54, 1.807) is 0 Å². The first-order valence-electron chi connectivity index (χ1n) is 12.1. The minimum atomic E-state index is -4.34. The maximum Gasteiger partial charge on any atom is 0.469 e. The minimum absolute atomic E-state index is 0.0970. The van der Waals surface area contributed by atoms with Crippen molar-refractivity contribution in [1.82, 2.24) is 0 Å². The van der Waals surface area contributed by atoms with Gasteiger partial charge < -0.3 is 24.3 Å². The highest BCUT2D eigenvalue weighted by Crippen LogP contribution is 2.37. The maximum absolute atomic E-state index is 10.6. The van der Waals surface area contributed by atoms with Gasteiger partial charge in [0, 0.05) is 13.2 Å². The summed E-state index contributed by atoms with van der Waals surface area (Å²) < 4.78 is 36.0. The summed E-state index contributed by atoms with van der Waals surface area (Å²) in [5, 5.41) is 0. The number of ether oxygens (including phenoxy) is 1. The van der Waals surface area contributed by atoms with E-state index in [0.717, 1.165) is 77.4 Å². The lowest BCUT2D eigenvalue weighted by Gasteiger charge is -2.25. The average Bonchev–Trinajstić information content (AvgIpc) is 2.64. The Labute approximate surface area is 200 Å². The standard InChI is InChI=1S/C22H48O9P2/c1-21(2,15-7-11-19-30-32(23,24)25)13-5-9-17-29-18-10-6-14-22(3,4)16-8-12-20-31-33(26,27)28/h5-20H2,1-4H3,(H2,23,24,25)(H2,26,27,28). The van der Waals surface area contributed by atoms with Crippen LogP contribution >= 0.6 is 15.6 Å². The quantitative estimate of drug-likeness (QED) is 0.101. The minimum Gasteiger partial charge on any atom is -0.381 e. The summed E-state index contributed by atoms with van der Waals surface area (Å²) in [7, 11) is -8.69. The topological polar surface area (TPSA) is 143 Å². The smallest absolute Gasteiger partial charge is 0.381 e. The van der Waals surface area contributed by atoms with E-state index >= 15 is 0 Å². The molecule has 0 amide bonds. The molecule has 33 heavy (non-hydrogen) atoms. The van der Waals surface area contributed by atoms with E-state index < -0.39 is 15.6 Å². The molecule has 0 aliphatic heterocycles. The zero-order valence-electron chi connectivity index (χ0n) is 21.0. The van der Waals surface area contributed by atoms with Crippen molar-refractivity contribution in [2.75, 3.05) is 26.4 Å². The van der Waals surface area contributed by atoms with Crippen molar-refractivity contribution in [2.24, 2.45) is 10.8 Å². The monoisotopic (exact) mass is 518 g/mol. The number of unbranched alkanes of at least 4 members (excludes halogenated alkanes) is 4. The van der Waals surface area contributed by atoms with Gasteiger partial charge in [-0.25, -0.2) is 9.13 Å². The van der Waals surface area contributed by atoms with Crippen LogP contribution in [-0.2, 0) is 22.9 Å². The lowest BCUT2D eigenvalue weighted by molar-refractivity contribution is 0.119. The van der Waals surface area contributed by atoms with Gasteiger partial charge in [0.05, 0.1) is 13.2 Å². The van der Waals surface area contributed by atoms with Crippen LogP contribution in [0.15, 0.2) is 0 Å². The second-order valence-corrected chi connectivity index (χ2v) is 12.9. The predicted molar refractivity (Wildman–Crippen MR) is 130 cm³/mol.